The molecule has 0 radical (unpaired) electrons. The van der Waals surface area contributed by atoms with E-state index < -0.39 is 0 Å². The second-order valence-electron chi connectivity index (χ2n) is 8.70. The first kappa shape index (κ1) is 18.5. The van der Waals surface area contributed by atoms with Crippen molar-refractivity contribution in [3.05, 3.63) is 77.5 Å². The van der Waals surface area contributed by atoms with Crippen molar-refractivity contribution in [2.45, 2.75) is 47.0 Å². The number of anilines is 1. The van der Waals surface area contributed by atoms with E-state index in [9.17, 15) is 0 Å². The summed E-state index contributed by atoms with van der Waals surface area (Å²) < 4.78 is 0. The molecule has 0 spiro atoms. The molecule has 1 aliphatic rings. The van der Waals surface area contributed by atoms with Crippen LogP contribution in [0, 0.1) is 5.41 Å². The molecule has 0 amide bonds. The predicted molar refractivity (Wildman–Crippen MR) is 115 cm³/mol. The van der Waals surface area contributed by atoms with E-state index in [2.05, 4.69) is 102 Å². The number of rotatable bonds is 3. The molecule has 1 nitrogen and oxygen atoms in total. The average molecular weight is 346 g/mol. The van der Waals surface area contributed by atoms with Crippen molar-refractivity contribution in [3.63, 3.8) is 0 Å². The van der Waals surface area contributed by atoms with E-state index in [1.54, 1.807) is 0 Å². The Hall–Kier alpha value is -2.28. The quantitative estimate of drug-likeness (QED) is 0.581. The number of fused-ring (bicyclic) bond motifs is 1. The van der Waals surface area contributed by atoms with Crippen molar-refractivity contribution < 1.29 is 0 Å². The van der Waals surface area contributed by atoms with Crippen LogP contribution < -0.4 is 4.90 Å². The monoisotopic (exact) mass is 345 g/mol. The molecule has 0 atom stereocenters. The highest BCUT2D eigenvalue weighted by atomic mass is 15.1. The summed E-state index contributed by atoms with van der Waals surface area (Å²) in [6.07, 6.45) is 3.27. The minimum Gasteiger partial charge on any atom is -0.347 e. The fourth-order valence-electron chi connectivity index (χ4n) is 3.62. The van der Waals surface area contributed by atoms with E-state index in [-0.39, 0.29) is 5.41 Å². The van der Waals surface area contributed by atoms with Crippen LogP contribution in [0.15, 0.2) is 66.4 Å². The maximum Gasteiger partial charge on any atom is 0.0524 e. The van der Waals surface area contributed by atoms with Crippen LogP contribution in [-0.2, 0) is 6.42 Å². The predicted octanol–water partition coefficient (Wildman–Crippen LogP) is 6.96. The lowest BCUT2D eigenvalue weighted by Crippen LogP contribution is -2.14. The average Bonchev–Trinajstić information content (AvgIpc) is 2.90. The molecule has 0 unspecified atom stereocenters. The lowest BCUT2D eigenvalue weighted by molar-refractivity contribution is 0.518. The van der Waals surface area contributed by atoms with Crippen LogP contribution in [0.1, 0.15) is 51.7 Å². The number of benzene rings is 2. The lowest BCUT2D eigenvalue weighted by atomic mass is 9.86. The Kier molecular flexibility index (Phi) is 4.84. The van der Waals surface area contributed by atoms with Gasteiger partial charge in [0.2, 0.25) is 0 Å². The van der Waals surface area contributed by atoms with E-state index in [0.29, 0.717) is 5.92 Å². The summed E-state index contributed by atoms with van der Waals surface area (Å²) in [5, 5.41) is 0. The van der Waals surface area contributed by atoms with Crippen LogP contribution in [0.25, 0.3) is 11.1 Å². The Morgan fingerprint density at radius 2 is 1.73 bits per heavy atom. The van der Waals surface area contributed by atoms with Gasteiger partial charge >= 0.3 is 0 Å². The van der Waals surface area contributed by atoms with Gasteiger partial charge in [0.25, 0.3) is 0 Å². The van der Waals surface area contributed by atoms with Gasteiger partial charge < -0.3 is 4.90 Å². The van der Waals surface area contributed by atoms with Gasteiger partial charge in [-0.1, -0.05) is 83.7 Å². The number of hydrogen-bond donors (Lipinski definition) is 0. The molecule has 0 saturated heterocycles. The standard InChI is InChI=1S/C25H31N/c1-17(2)21-13-14-22(19-11-9-8-10-12-19)24-23(21)16-20(26(24)7)15-18(3)25(4,5)6/h8-15,17H,3,16H2,1-2,4-7H3/b20-15+. The summed E-state index contributed by atoms with van der Waals surface area (Å²) >= 11 is 0. The molecule has 0 bridgehead atoms. The Balaban J connectivity index is 2.15. The Labute approximate surface area is 159 Å². The minimum atomic E-state index is 0.0890. The van der Waals surface area contributed by atoms with Crippen molar-refractivity contribution in [2.75, 3.05) is 11.9 Å². The summed E-state index contributed by atoms with van der Waals surface area (Å²) in [7, 11) is 2.20. The molecule has 1 heterocycles. The zero-order valence-electron chi connectivity index (χ0n) is 17.1. The van der Waals surface area contributed by atoms with Gasteiger partial charge in [0, 0.05) is 24.7 Å². The van der Waals surface area contributed by atoms with E-state index >= 15 is 0 Å². The summed E-state index contributed by atoms with van der Waals surface area (Å²) in [5.41, 5.74) is 9.48. The lowest BCUT2D eigenvalue weighted by Gasteiger charge is -2.23. The fraction of sp³-hybridized carbons (Fsp3) is 0.360. The number of nitrogens with zero attached hydrogens (tertiary/aromatic N) is 1. The Morgan fingerprint density at radius 1 is 1.08 bits per heavy atom. The third-order valence-electron chi connectivity index (χ3n) is 5.45. The highest BCUT2D eigenvalue weighted by molar-refractivity contribution is 5.86. The zero-order chi connectivity index (χ0) is 19.1. The molecule has 26 heavy (non-hydrogen) atoms. The van der Waals surface area contributed by atoms with Gasteiger partial charge in [-0.25, -0.2) is 0 Å². The number of hydrogen-bond acceptors (Lipinski definition) is 1. The third kappa shape index (κ3) is 3.35. The SMILES string of the molecule is C=C(/C=C1\Cc2c(C(C)C)ccc(-c3ccccc3)c2N1C)C(C)(C)C. The molecular weight excluding hydrogens is 314 g/mol. The van der Waals surface area contributed by atoms with Crippen LogP contribution in [0.3, 0.4) is 0 Å². The first-order valence-corrected chi connectivity index (χ1v) is 9.55. The van der Waals surface area contributed by atoms with Crippen molar-refractivity contribution >= 4 is 5.69 Å². The molecule has 1 aliphatic heterocycles. The number of allylic oxidation sites excluding steroid dienone is 3. The molecule has 2 aromatic carbocycles. The normalized spacial score (nSPS) is 15.7. The van der Waals surface area contributed by atoms with Gasteiger partial charge in [0.15, 0.2) is 0 Å². The fourth-order valence-corrected chi connectivity index (χ4v) is 3.62. The molecular formula is C25H31N. The molecule has 2 aromatic rings. The van der Waals surface area contributed by atoms with Crippen LogP contribution in [0.4, 0.5) is 5.69 Å². The van der Waals surface area contributed by atoms with Crippen molar-refractivity contribution in [1.29, 1.82) is 0 Å². The van der Waals surface area contributed by atoms with Gasteiger partial charge in [0.1, 0.15) is 0 Å². The zero-order valence-corrected chi connectivity index (χ0v) is 17.1. The van der Waals surface area contributed by atoms with Crippen LogP contribution >= 0.6 is 0 Å². The highest BCUT2D eigenvalue weighted by Gasteiger charge is 2.28. The van der Waals surface area contributed by atoms with E-state index in [0.717, 1.165) is 6.42 Å². The minimum absolute atomic E-state index is 0.0890. The topological polar surface area (TPSA) is 3.24 Å². The van der Waals surface area contributed by atoms with Gasteiger partial charge in [-0.2, -0.15) is 0 Å². The first-order chi connectivity index (χ1) is 12.2. The third-order valence-corrected chi connectivity index (χ3v) is 5.45. The molecule has 3 rings (SSSR count). The van der Waals surface area contributed by atoms with Crippen LogP contribution in [0.2, 0.25) is 0 Å². The second-order valence-corrected chi connectivity index (χ2v) is 8.70. The largest absolute Gasteiger partial charge is 0.347 e. The Morgan fingerprint density at radius 3 is 2.31 bits per heavy atom. The molecule has 0 aliphatic carbocycles. The smallest absolute Gasteiger partial charge is 0.0524 e. The summed E-state index contributed by atoms with van der Waals surface area (Å²) in [4.78, 5) is 2.38. The van der Waals surface area contributed by atoms with Crippen LogP contribution in [-0.4, -0.2) is 7.05 Å². The van der Waals surface area contributed by atoms with Crippen molar-refractivity contribution in [1.82, 2.24) is 0 Å². The maximum absolute atomic E-state index is 4.32. The van der Waals surface area contributed by atoms with Gasteiger partial charge in [-0.3, -0.25) is 0 Å². The van der Waals surface area contributed by atoms with Crippen LogP contribution in [0.5, 0.6) is 0 Å². The molecule has 0 N–H and O–H groups in total. The van der Waals surface area contributed by atoms with E-state index in [1.807, 2.05) is 0 Å². The number of likely N-dealkylation sites (N-methyl/N-ethyl adjacent to an activating group) is 1. The van der Waals surface area contributed by atoms with E-state index in [4.69, 9.17) is 0 Å². The molecule has 136 valence electrons. The molecule has 0 saturated carbocycles. The van der Waals surface area contributed by atoms with E-state index in [1.165, 1.54) is 39.2 Å². The molecule has 0 aromatic heterocycles. The second kappa shape index (κ2) is 6.79. The van der Waals surface area contributed by atoms with Crippen molar-refractivity contribution in [2.24, 2.45) is 5.41 Å². The van der Waals surface area contributed by atoms with Gasteiger partial charge in [0.05, 0.1) is 5.69 Å². The summed E-state index contributed by atoms with van der Waals surface area (Å²) in [5.74, 6) is 0.521. The Bertz CT molecular complexity index is 848. The highest BCUT2D eigenvalue weighted by Crippen LogP contribution is 2.45. The van der Waals surface area contributed by atoms with Gasteiger partial charge in [-0.15, -0.1) is 0 Å². The van der Waals surface area contributed by atoms with Gasteiger partial charge in [-0.05, 0) is 39.7 Å². The molecule has 1 heteroatoms. The summed E-state index contributed by atoms with van der Waals surface area (Å²) in [6.45, 7) is 15.6. The molecule has 0 fully saturated rings. The maximum atomic E-state index is 4.32. The van der Waals surface area contributed by atoms with Crippen molar-refractivity contribution in [3.8, 4) is 11.1 Å². The summed E-state index contributed by atoms with van der Waals surface area (Å²) in [6, 6.07) is 15.3. The first-order valence-electron chi connectivity index (χ1n) is 9.55.